The van der Waals surface area contributed by atoms with Crippen LogP contribution in [0, 0.1) is 0 Å². The summed E-state index contributed by atoms with van der Waals surface area (Å²) in [5.74, 6) is 0.819. The molecule has 2 aromatic heterocycles. The third-order valence-corrected chi connectivity index (χ3v) is 2.11. The first-order chi connectivity index (χ1) is 6.45. The van der Waals surface area contributed by atoms with Gasteiger partial charge in [0.2, 0.25) is 0 Å². The van der Waals surface area contributed by atoms with Crippen LogP contribution in [0.2, 0.25) is 0 Å². The van der Waals surface area contributed by atoms with Crippen LogP contribution in [0.4, 0.5) is 0 Å². The van der Waals surface area contributed by atoms with Gasteiger partial charge < -0.3 is 4.74 Å². The van der Waals surface area contributed by atoms with Gasteiger partial charge in [-0.25, -0.2) is 0 Å². The highest BCUT2D eigenvalue weighted by Crippen LogP contribution is 2.33. The molecule has 0 fully saturated rings. The maximum atomic E-state index is 5.49. The minimum Gasteiger partial charge on any atom is -0.486 e. The molecular weight excluding hydrogens is 166 g/mol. The minimum atomic E-state index is 0.574. The third kappa shape index (κ3) is 0.853. The Balaban J connectivity index is 2.30. The fourth-order valence-corrected chi connectivity index (χ4v) is 1.48. The molecule has 1 aliphatic heterocycles. The molecule has 0 saturated heterocycles. The maximum absolute atomic E-state index is 5.49. The summed E-state index contributed by atoms with van der Waals surface area (Å²) in [6.45, 7) is 0.574. The van der Waals surface area contributed by atoms with E-state index in [0.29, 0.717) is 6.61 Å². The lowest BCUT2D eigenvalue weighted by Crippen LogP contribution is -2.04. The van der Waals surface area contributed by atoms with Gasteiger partial charge in [-0.05, 0) is 12.1 Å². The number of rotatable bonds is 0. The lowest BCUT2D eigenvalue weighted by molar-refractivity contribution is 0.301. The number of pyridine rings is 1. The Hall–Kier alpha value is -1.84. The van der Waals surface area contributed by atoms with E-state index in [1.165, 1.54) is 0 Å². The fourth-order valence-electron chi connectivity index (χ4n) is 1.48. The summed E-state index contributed by atoms with van der Waals surface area (Å²) in [6, 6.07) is 3.77. The Morgan fingerprint density at radius 2 is 2.46 bits per heavy atom. The molecule has 1 N–H and O–H groups in total. The molecule has 2 aromatic rings. The summed E-state index contributed by atoms with van der Waals surface area (Å²) in [6.07, 6.45) is 3.52. The van der Waals surface area contributed by atoms with Gasteiger partial charge in [0.1, 0.15) is 18.1 Å². The van der Waals surface area contributed by atoms with Crippen LogP contribution >= 0.6 is 0 Å². The molecule has 0 spiro atoms. The van der Waals surface area contributed by atoms with Crippen molar-refractivity contribution in [3.8, 4) is 17.1 Å². The molecule has 0 radical (unpaired) electrons. The van der Waals surface area contributed by atoms with E-state index in [2.05, 4.69) is 15.2 Å². The van der Waals surface area contributed by atoms with Crippen LogP contribution in [0.3, 0.4) is 0 Å². The highest BCUT2D eigenvalue weighted by Gasteiger charge is 2.19. The Morgan fingerprint density at radius 3 is 3.46 bits per heavy atom. The highest BCUT2D eigenvalue weighted by atomic mass is 16.5. The van der Waals surface area contributed by atoms with Crippen molar-refractivity contribution in [2.75, 3.05) is 0 Å². The zero-order valence-corrected chi connectivity index (χ0v) is 6.82. The van der Waals surface area contributed by atoms with Crippen LogP contribution in [-0.2, 0) is 6.61 Å². The molecule has 0 aliphatic carbocycles. The summed E-state index contributed by atoms with van der Waals surface area (Å²) in [7, 11) is 0. The molecule has 13 heavy (non-hydrogen) atoms. The molecule has 3 rings (SSSR count). The van der Waals surface area contributed by atoms with Gasteiger partial charge >= 0.3 is 0 Å². The van der Waals surface area contributed by atoms with Gasteiger partial charge in [0.15, 0.2) is 0 Å². The van der Waals surface area contributed by atoms with Crippen molar-refractivity contribution in [1.82, 2.24) is 15.2 Å². The summed E-state index contributed by atoms with van der Waals surface area (Å²) in [4.78, 5) is 4.24. The van der Waals surface area contributed by atoms with E-state index in [0.717, 1.165) is 22.7 Å². The number of hydrogen-bond donors (Lipinski definition) is 1. The molecule has 64 valence electrons. The summed E-state index contributed by atoms with van der Waals surface area (Å²) in [5.41, 5.74) is 2.88. The molecule has 1 aliphatic rings. The zero-order valence-electron chi connectivity index (χ0n) is 6.82. The SMILES string of the molecule is c1cnc2c(c1)OCc1cn[nH]c1-2. The van der Waals surface area contributed by atoms with E-state index >= 15 is 0 Å². The van der Waals surface area contributed by atoms with E-state index in [9.17, 15) is 0 Å². The molecule has 0 amide bonds. The van der Waals surface area contributed by atoms with Gasteiger partial charge in [-0.15, -0.1) is 0 Å². The van der Waals surface area contributed by atoms with Crippen molar-refractivity contribution >= 4 is 0 Å². The Kier molecular flexibility index (Phi) is 1.19. The van der Waals surface area contributed by atoms with Crippen molar-refractivity contribution in [2.24, 2.45) is 0 Å². The van der Waals surface area contributed by atoms with Crippen LogP contribution in [-0.4, -0.2) is 15.2 Å². The van der Waals surface area contributed by atoms with Crippen molar-refractivity contribution in [3.05, 3.63) is 30.1 Å². The van der Waals surface area contributed by atoms with Gasteiger partial charge in [0.05, 0.1) is 11.9 Å². The molecule has 0 bridgehead atoms. The monoisotopic (exact) mass is 173 g/mol. The van der Waals surface area contributed by atoms with Crippen molar-refractivity contribution in [1.29, 1.82) is 0 Å². The molecular formula is C9H7N3O. The van der Waals surface area contributed by atoms with Gasteiger partial charge in [-0.2, -0.15) is 5.10 Å². The van der Waals surface area contributed by atoms with Crippen molar-refractivity contribution in [3.63, 3.8) is 0 Å². The molecule has 0 atom stereocenters. The van der Waals surface area contributed by atoms with E-state index < -0.39 is 0 Å². The molecule has 0 unspecified atom stereocenters. The molecule has 0 saturated carbocycles. The lowest BCUT2D eigenvalue weighted by atomic mass is 10.1. The van der Waals surface area contributed by atoms with Crippen LogP contribution in [0.1, 0.15) is 5.56 Å². The Bertz CT molecular complexity index is 450. The highest BCUT2D eigenvalue weighted by molar-refractivity contribution is 5.66. The number of fused-ring (bicyclic) bond motifs is 3. The Morgan fingerprint density at radius 1 is 1.46 bits per heavy atom. The van der Waals surface area contributed by atoms with Crippen LogP contribution < -0.4 is 4.74 Å². The van der Waals surface area contributed by atoms with E-state index in [-0.39, 0.29) is 0 Å². The molecule has 4 heteroatoms. The first-order valence-corrected chi connectivity index (χ1v) is 4.05. The average Bonchev–Trinajstić information content (AvgIpc) is 2.65. The lowest BCUT2D eigenvalue weighted by Gasteiger charge is -2.14. The topological polar surface area (TPSA) is 50.8 Å². The maximum Gasteiger partial charge on any atom is 0.147 e. The number of nitrogens with zero attached hydrogens (tertiary/aromatic N) is 2. The average molecular weight is 173 g/mol. The number of aromatic nitrogens is 3. The predicted molar refractivity (Wildman–Crippen MR) is 46.2 cm³/mol. The molecule has 4 nitrogen and oxygen atoms in total. The van der Waals surface area contributed by atoms with Crippen LogP contribution in [0.15, 0.2) is 24.5 Å². The fraction of sp³-hybridized carbons (Fsp3) is 0.111. The quantitative estimate of drug-likeness (QED) is 0.654. The van der Waals surface area contributed by atoms with Gasteiger partial charge in [0.25, 0.3) is 0 Å². The van der Waals surface area contributed by atoms with E-state index in [1.807, 2.05) is 12.1 Å². The number of aromatic amines is 1. The second kappa shape index (κ2) is 2.32. The number of ether oxygens (including phenoxy) is 1. The van der Waals surface area contributed by atoms with E-state index in [1.54, 1.807) is 12.4 Å². The van der Waals surface area contributed by atoms with E-state index in [4.69, 9.17) is 4.74 Å². The predicted octanol–water partition coefficient (Wildman–Crippen LogP) is 1.36. The normalized spacial score (nSPS) is 12.9. The number of H-pyrrole nitrogens is 1. The van der Waals surface area contributed by atoms with Gasteiger partial charge in [-0.3, -0.25) is 10.1 Å². The summed E-state index contributed by atoms with van der Waals surface area (Å²) >= 11 is 0. The first kappa shape index (κ1) is 6.65. The number of hydrogen-bond acceptors (Lipinski definition) is 3. The largest absolute Gasteiger partial charge is 0.486 e. The smallest absolute Gasteiger partial charge is 0.147 e. The van der Waals surface area contributed by atoms with Gasteiger partial charge in [0, 0.05) is 11.8 Å². The first-order valence-electron chi connectivity index (χ1n) is 4.05. The second-order valence-electron chi connectivity index (χ2n) is 2.91. The number of nitrogens with one attached hydrogen (secondary N) is 1. The summed E-state index contributed by atoms with van der Waals surface area (Å²) < 4.78 is 5.49. The van der Waals surface area contributed by atoms with Crippen molar-refractivity contribution < 1.29 is 4.74 Å². The van der Waals surface area contributed by atoms with Gasteiger partial charge in [-0.1, -0.05) is 0 Å². The van der Waals surface area contributed by atoms with Crippen LogP contribution in [0.5, 0.6) is 5.75 Å². The van der Waals surface area contributed by atoms with Crippen molar-refractivity contribution in [2.45, 2.75) is 6.61 Å². The third-order valence-electron chi connectivity index (χ3n) is 2.11. The molecule has 0 aromatic carbocycles. The minimum absolute atomic E-state index is 0.574. The Labute approximate surface area is 74.6 Å². The second-order valence-corrected chi connectivity index (χ2v) is 2.91. The van der Waals surface area contributed by atoms with Crippen LogP contribution in [0.25, 0.3) is 11.4 Å². The standard InChI is InChI=1S/C9H7N3O/c1-2-7-9(10-3-1)8-6(5-13-7)4-11-12-8/h1-4H,5H2,(H,11,12). The summed E-state index contributed by atoms with van der Waals surface area (Å²) in [5, 5.41) is 6.88. The molecule has 3 heterocycles. The zero-order chi connectivity index (χ0) is 8.67.